The zero-order valence-corrected chi connectivity index (χ0v) is 18.2. The lowest BCUT2D eigenvalue weighted by Gasteiger charge is -2.21. The normalized spacial score (nSPS) is 13.3. The summed E-state index contributed by atoms with van der Waals surface area (Å²) < 4.78 is 11.4. The van der Waals surface area contributed by atoms with Crippen molar-refractivity contribution in [1.82, 2.24) is 9.88 Å². The maximum absolute atomic E-state index is 12.9. The molecule has 1 amide bonds. The van der Waals surface area contributed by atoms with Crippen LogP contribution in [-0.2, 0) is 13.2 Å². The minimum atomic E-state index is 0.0360. The van der Waals surface area contributed by atoms with Crippen LogP contribution in [0.1, 0.15) is 50.8 Å². The lowest BCUT2D eigenvalue weighted by molar-refractivity contribution is 0.0757. The second-order valence-electron chi connectivity index (χ2n) is 7.01. The van der Waals surface area contributed by atoms with E-state index in [1.54, 1.807) is 24.6 Å². The third-order valence-corrected chi connectivity index (χ3v) is 6.88. The quantitative estimate of drug-likeness (QED) is 0.462. The Bertz CT molecular complexity index is 964. The molecule has 4 rings (SSSR count). The van der Waals surface area contributed by atoms with Gasteiger partial charge in [0.15, 0.2) is 11.5 Å². The largest absolute Gasteiger partial charge is 0.493 e. The highest BCUT2D eigenvalue weighted by atomic mass is 32.1. The second kappa shape index (κ2) is 8.97. The van der Waals surface area contributed by atoms with Crippen LogP contribution >= 0.6 is 22.7 Å². The third-order valence-electron chi connectivity index (χ3n) is 4.88. The summed E-state index contributed by atoms with van der Waals surface area (Å²) in [7, 11) is 1.64. The molecule has 1 aliphatic rings. The van der Waals surface area contributed by atoms with Crippen molar-refractivity contribution in [3.63, 3.8) is 0 Å². The van der Waals surface area contributed by atoms with Gasteiger partial charge in [0.1, 0.15) is 11.5 Å². The zero-order chi connectivity index (χ0) is 20.2. The molecular formula is C22H24N2O3S2. The molecule has 1 aromatic carbocycles. The van der Waals surface area contributed by atoms with E-state index >= 15 is 0 Å². The number of amides is 1. The van der Waals surface area contributed by atoms with Gasteiger partial charge in [-0.2, -0.15) is 0 Å². The first-order valence-corrected chi connectivity index (χ1v) is 11.4. The fourth-order valence-corrected chi connectivity index (χ4v) is 4.75. The van der Waals surface area contributed by atoms with E-state index in [2.05, 4.69) is 4.98 Å². The van der Waals surface area contributed by atoms with Crippen LogP contribution in [0.4, 0.5) is 0 Å². The highest BCUT2D eigenvalue weighted by Crippen LogP contribution is 2.42. The predicted octanol–water partition coefficient (Wildman–Crippen LogP) is 5.33. The highest BCUT2D eigenvalue weighted by Gasteiger charge is 2.28. The molecule has 1 aliphatic carbocycles. The molecule has 0 aliphatic heterocycles. The van der Waals surface area contributed by atoms with Crippen LogP contribution in [0, 0.1) is 0 Å². The third kappa shape index (κ3) is 4.79. The summed E-state index contributed by atoms with van der Waals surface area (Å²) in [4.78, 5) is 21.1. The summed E-state index contributed by atoms with van der Waals surface area (Å²) in [5.74, 6) is 1.99. The Balaban J connectivity index is 1.44. The van der Waals surface area contributed by atoms with Crippen molar-refractivity contribution in [2.75, 3.05) is 13.7 Å². The number of thiazole rings is 1. The van der Waals surface area contributed by atoms with Gasteiger partial charge in [-0.05, 0) is 48.9 Å². The van der Waals surface area contributed by atoms with Crippen molar-refractivity contribution in [2.45, 2.75) is 38.8 Å². The van der Waals surface area contributed by atoms with Crippen molar-refractivity contribution in [3.8, 4) is 11.5 Å². The zero-order valence-electron chi connectivity index (χ0n) is 16.6. The van der Waals surface area contributed by atoms with Gasteiger partial charge in [-0.3, -0.25) is 4.79 Å². The van der Waals surface area contributed by atoms with E-state index in [9.17, 15) is 4.79 Å². The van der Waals surface area contributed by atoms with Crippen LogP contribution in [0.5, 0.6) is 11.5 Å². The lowest BCUT2D eigenvalue weighted by Crippen LogP contribution is -2.29. The molecule has 0 bridgehead atoms. The first kappa shape index (κ1) is 19.9. The molecule has 0 N–H and O–H groups in total. The van der Waals surface area contributed by atoms with Crippen molar-refractivity contribution in [3.05, 3.63) is 62.2 Å². The summed E-state index contributed by atoms with van der Waals surface area (Å²) in [5.41, 5.74) is 1.01. The monoisotopic (exact) mass is 428 g/mol. The first-order chi connectivity index (χ1) is 14.2. The smallest absolute Gasteiger partial charge is 0.265 e. The molecule has 5 nitrogen and oxygen atoms in total. The number of carbonyl (C=O) groups excluding carboxylic acids is 1. The Labute approximate surface area is 178 Å². The number of benzene rings is 1. The number of rotatable bonds is 9. The van der Waals surface area contributed by atoms with E-state index < -0.39 is 0 Å². The topological polar surface area (TPSA) is 51.7 Å². The molecule has 0 spiro atoms. The fourth-order valence-electron chi connectivity index (χ4n) is 3.08. The van der Waals surface area contributed by atoms with Gasteiger partial charge in [0, 0.05) is 23.9 Å². The van der Waals surface area contributed by atoms with E-state index in [0.29, 0.717) is 37.1 Å². The average Bonchev–Trinajstić information content (AvgIpc) is 3.25. The summed E-state index contributed by atoms with van der Waals surface area (Å²) in [5, 5.41) is 3.13. The van der Waals surface area contributed by atoms with E-state index in [1.807, 2.05) is 47.5 Å². The number of carbonyl (C=O) groups is 1. The second-order valence-corrected chi connectivity index (χ2v) is 9.10. The minimum Gasteiger partial charge on any atom is -0.493 e. The van der Waals surface area contributed by atoms with Gasteiger partial charge in [0.2, 0.25) is 0 Å². The van der Waals surface area contributed by atoms with Gasteiger partial charge in [-0.25, -0.2) is 4.98 Å². The first-order valence-electron chi connectivity index (χ1n) is 9.75. The molecule has 0 unspecified atom stereocenters. The molecule has 152 valence electrons. The number of hydrogen-bond acceptors (Lipinski definition) is 6. The number of ether oxygens (including phenoxy) is 2. The van der Waals surface area contributed by atoms with E-state index in [1.165, 1.54) is 24.2 Å². The molecule has 2 heterocycles. The van der Waals surface area contributed by atoms with Gasteiger partial charge in [-0.15, -0.1) is 22.7 Å². The molecule has 3 aromatic rings. The Morgan fingerprint density at radius 2 is 2.14 bits per heavy atom. The van der Waals surface area contributed by atoms with Crippen LogP contribution in [0.15, 0.2) is 41.9 Å². The van der Waals surface area contributed by atoms with Crippen LogP contribution < -0.4 is 9.47 Å². The van der Waals surface area contributed by atoms with Crippen LogP contribution in [0.25, 0.3) is 0 Å². The number of hydrogen-bond donors (Lipinski definition) is 0. The maximum Gasteiger partial charge on any atom is 0.265 e. The molecule has 1 fully saturated rings. The summed E-state index contributed by atoms with van der Waals surface area (Å²) in [6, 6.07) is 9.91. The molecule has 2 aromatic heterocycles. The van der Waals surface area contributed by atoms with Gasteiger partial charge < -0.3 is 14.4 Å². The summed E-state index contributed by atoms with van der Waals surface area (Å²) >= 11 is 3.20. The Hall–Kier alpha value is -2.38. The molecule has 29 heavy (non-hydrogen) atoms. The van der Waals surface area contributed by atoms with Crippen molar-refractivity contribution in [2.24, 2.45) is 0 Å². The van der Waals surface area contributed by atoms with Crippen molar-refractivity contribution in [1.29, 1.82) is 0 Å². The van der Waals surface area contributed by atoms with Crippen molar-refractivity contribution < 1.29 is 14.3 Å². The standard InChI is InChI=1S/C22H24N2O3S2/c1-3-24(22(25)20-12-23-21(29-20)16-7-8-16)13-15-6-9-18(19(11-15)26-2)27-14-17-5-4-10-28-17/h4-6,9-12,16H,3,7-8,13-14H2,1-2H3. The lowest BCUT2D eigenvalue weighted by atomic mass is 10.2. The van der Waals surface area contributed by atoms with Crippen molar-refractivity contribution >= 4 is 28.6 Å². The molecule has 1 saturated carbocycles. The van der Waals surface area contributed by atoms with Crippen LogP contribution in [0.3, 0.4) is 0 Å². The van der Waals surface area contributed by atoms with Crippen LogP contribution in [0.2, 0.25) is 0 Å². The molecule has 0 saturated heterocycles. The molecular weight excluding hydrogens is 404 g/mol. The molecule has 0 atom stereocenters. The summed E-state index contributed by atoms with van der Waals surface area (Å²) in [6.45, 7) is 3.67. The Kier molecular flexibility index (Phi) is 6.16. The number of aromatic nitrogens is 1. The highest BCUT2D eigenvalue weighted by molar-refractivity contribution is 7.13. The number of nitrogens with zero attached hydrogens (tertiary/aromatic N) is 2. The van der Waals surface area contributed by atoms with Crippen LogP contribution in [-0.4, -0.2) is 29.4 Å². The van der Waals surface area contributed by atoms with E-state index in [4.69, 9.17) is 9.47 Å². The maximum atomic E-state index is 12.9. The predicted molar refractivity (Wildman–Crippen MR) is 116 cm³/mol. The summed E-state index contributed by atoms with van der Waals surface area (Å²) in [6.07, 6.45) is 4.12. The Morgan fingerprint density at radius 1 is 1.28 bits per heavy atom. The van der Waals surface area contributed by atoms with Gasteiger partial charge in [-0.1, -0.05) is 12.1 Å². The van der Waals surface area contributed by atoms with E-state index in [-0.39, 0.29) is 5.91 Å². The minimum absolute atomic E-state index is 0.0360. The number of thiophene rings is 1. The van der Waals surface area contributed by atoms with Gasteiger partial charge in [0.25, 0.3) is 5.91 Å². The molecule has 0 radical (unpaired) electrons. The van der Waals surface area contributed by atoms with Gasteiger partial charge >= 0.3 is 0 Å². The van der Waals surface area contributed by atoms with Gasteiger partial charge in [0.05, 0.1) is 18.3 Å². The fraction of sp³-hybridized carbons (Fsp3) is 0.364. The average molecular weight is 429 g/mol. The molecule has 7 heteroatoms. The SMILES string of the molecule is CCN(Cc1ccc(OCc2cccs2)c(OC)c1)C(=O)c1cnc(C2CC2)s1. The number of methoxy groups -OCH3 is 1. The van der Waals surface area contributed by atoms with E-state index in [0.717, 1.165) is 20.3 Å². The Morgan fingerprint density at radius 3 is 2.83 bits per heavy atom.